The summed E-state index contributed by atoms with van der Waals surface area (Å²) < 4.78 is 0. The molecule has 0 aromatic rings. The summed E-state index contributed by atoms with van der Waals surface area (Å²) >= 11 is 0. The molecule has 0 saturated carbocycles. The first kappa shape index (κ1) is 12.0. The second-order valence-corrected chi connectivity index (χ2v) is 5.01. The molecule has 2 N–H and O–H groups in total. The van der Waals surface area contributed by atoms with Gasteiger partial charge in [0.25, 0.3) is 5.91 Å². The van der Waals surface area contributed by atoms with Crippen LogP contribution in [0.3, 0.4) is 0 Å². The molecule has 3 amide bonds. The molecule has 0 aromatic heterocycles. The van der Waals surface area contributed by atoms with E-state index in [0.717, 1.165) is 19.4 Å². The smallest absolute Gasteiger partial charge is 0.252 e. The Kier molecular flexibility index (Phi) is 2.91. The Bertz CT molecular complexity index is 372. The first-order valence-electron chi connectivity index (χ1n) is 5.82. The standard InChI is InChI=1S/C11H17N3O3/c1-11(2)10(17)13-8(15)6-14(11)9(16)7-4-3-5-12-7/h7,12H,3-6H2,1-2H3,(H,13,15,17)/t7-/m1/s1. The number of hydrogen-bond donors (Lipinski definition) is 2. The predicted molar refractivity (Wildman–Crippen MR) is 60.0 cm³/mol. The molecule has 2 aliphatic rings. The first-order chi connectivity index (χ1) is 7.93. The lowest BCUT2D eigenvalue weighted by Crippen LogP contribution is -2.67. The van der Waals surface area contributed by atoms with Crippen molar-refractivity contribution in [2.75, 3.05) is 13.1 Å². The number of carbonyl (C=O) groups excluding carboxylic acids is 3. The molecule has 6 nitrogen and oxygen atoms in total. The Morgan fingerprint density at radius 3 is 2.71 bits per heavy atom. The normalized spacial score (nSPS) is 28.1. The summed E-state index contributed by atoms with van der Waals surface area (Å²) in [6, 6.07) is -0.257. The summed E-state index contributed by atoms with van der Waals surface area (Å²) in [6.07, 6.45) is 1.71. The van der Waals surface area contributed by atoms with Gasteiger partial charge in [-0.3, -0.25) is 19.7 Å². The first-order valence-corrected chi connectivity index (χ1v) is 5.82. The number of carbonyl (C=O) groups is 3. The van der Waals surface area contributed by atoms with E-state index in [1.54, 1.807) is 13.8 Å². The average Bonchev–Trinajstić information content (AvgIpc) is 2.76. The number of imide groups is 1. The Balaban J connectivity index is 2.19. The molecule has 2 saturated heterocycles. The van der Waals surface area contributed by atoms with Crippen LogP contribution in [0.15, 0.2) is 0 Å². The van der Waals surface area contributed by atoms with Crippen molar-refractivity contribution in [1.29, 1.82) is 0 Å². The maximum atomic E-state index is 12.2. The maximum absolute atomic E-state index is 12.2. The molecule has 1 atom stereocenters. The van der Waals surface area contributed by atoms with E-state index in [-0.39, 0.29) is 18.5 Å². The number of nitrogens with one attached hydrogen (secondary N) is 2. The molecule has 0 radical (unpaired) electrons. The van der Waals surface area contributed by atoms with Crippen molar-refractivity contribution in [3.8, 4) is 0 Å². The Hall–Kier alpha value is -1.43. The van der Waals surface area contributed by atoms with E-state index < -0.39 is 17.4 Å². The van der Waals surface area contributed by atoms with Crippen LogP contribution in [-0.4, -0.2) is 47.3 Å². The molecule has 0 unspecified atom stereocenters. The largest absolute Gasteiger partial charge is 0.318 e. The Morgan fingerprint density at radius 2 is 2.12 bits per heavy atom. The second kappa shape index (κ2) is 4.10. The highest BCUT2D eigenvalue weighted by molar-refractivity contribution is 6.06. The predicted octanol–water partition coefficient (Wildman–Crippen LogP) is -0.998. The van der Waals surface area contributed by atoms with E-state index in [9.17, 15) is 14.4 Å². The number of piperazine rings is 1. The fourth-order valence-corrected chi connectivity index (χ4v) is 2.22. The lowest BCUT2D eigenvalue weighted by molar-refractivity contribution is -0.156. The number of nitrogens with zero attached hydrogens (tertiary/aromatic N) is 1. The van der Waals surface area contributed by atoms with Crippen molar-refractivity contribution in [2.45, 2.75) is 38.3 Å². The lowest BCUT2D eigenvalue weighted by Gasteiger charge is -2.41. The van der Waals surface area contributed by atoms with Crippen molar-refractivity contribution >= 4 is 17.7 Å². The van der Waals surface area contributed by atoms with Crippen molar-refractivity contribution in [3.05, 3.63) is 0 Å². The van der Waals surface area contributed by atoms with Crippen molar-refractivity contribution in [1.82, 2.24) is 15.5 Å². The number of rotatable bonds is 1. The summed E-state index contributed by atoms with van der Waals surface area (Å²) in [6.45, 7) is 4.07. The summed E-state index contributed by atoms with van der Waals surface area (Å²) in [5.41, 5.74) is -0.963. The van der Waals surface area contributed by atoms with Crippen LogP contribution in [0, 0.1) is 0 Å². The molecule has 2 fully saturated rings. The second-order valence-electron chi connectivity index (χ2n) is 5.01. The number of amides is 3. The van der Waals surface area contributed by atoms with E-state index in [4.69, 9.17) is 0 Å². The van der Waals surface area contributed by atoms with Gasteiger partial charge in [-0.25, -0.2) is 0 Å². The third-order valence-corrected chi connectivity index (χ3v) is 3.41. The van der Waals surface area contributed by atoms with Crippen LogP contribution in [0.4, 0.5) is 0 Å². The highest BCUT2D eigenvalue weighted by Gasteiger charge is 2.45. The zero-order valence-corrected chi connectivity index (χ0v) is 10.1. The molecule has 2 aliphatic heterocycles. The van der Waals surface area contributed by atoms with E-state index in [1.165, 1.54) is 4.90 Å². The fourth-order valence-electron chi connectivity index (χ4n) is 2.22. The maximum Gasteiger partial charge on any atom is 0.252 e. The SMILES string of the molecule is CC1(C)C(=O)NC(=O)CN1C(=O)[C@H]1CCCN1. The van der Waals surface area contributed by atoms with E-state index in [0.29, 0.717) is 0 Å². The molecule has 0 aliphatic carbocycles. The summed E-state index contributed by atoms with van der Waals surface area (Å²) in [7, 11) is 0. The van der Waals surface area contributed by atoms with Crippen molar-refractivity contribution < 1.29 is 14.4 Å². The molecule has 0 bridgehead atoms. The summed E-state index contributed by atoms with van der Waals surface area (Å²) in [5, 5.41) is 5.34. The van der Waals surface area contributed by atoms with Gasteiger partial charge in [0.1, 0.15) is 12.1 Å². The van der Waals surface area contributed by atoms with Crippen LogP contribution < -0.4 is 10.6 Å². The van der Waals surface area contributed by atoms with Gasteiger partial charge in [-0.05, 0) is 33.2 Å². The van der Waals surface area contributed by atoms with Gasteiger partial charge in [-0.15, -0.1) is 0 Å². The highest BCUT2D eigenvalue weighted by Crippen LogP contribution is 2.21. The van der Waals surface area contributed by atoms with Crippen molar-refractivity contribution in [3.63, 3.8) is 0 Å². The zero-order chi connectivity index (χ0) is 12.6. The molecule has 0 spiro atoms. The van der Waals surface area contributed by atoms with Gasteiger partial charge < -0.3 is 10.2 Å². The highest BCUT2D eigenvalue weighted by atomic mass is 16.2. The van der Waals surface area contributed by atoms with E-state index in [1.807, 2.05) is 0 Å². The molecule has 94 valence electrons. The minimum absolute atomic E-state index is 0.0459. The van der Waals surface area contributed by atoms with Crippen LogP contribution in [-0.2, 0) is 14.4 Å². The van der Waals surface area contributed by atoms with Gasteiger partial charge in [0.2, 0.25) is 11.8 Å². The minimum atomic E-state index is -0.963. The van der Waals surface area contributed by atoms with Crippen molar-refractivity contribution in [2.24, 2.45) is 0 Å². The molecule has 2 heterocycles. The quantitative estimate of drug-likeness (QED) is 0.575. The number of hydrogen-bond acceptors (Lipinski definition) is 4. The third kappa shape index (κ3) is 2.04. The monoisotopic (exact) mass is 239 g/mol. The average molecular weight is 239 g/mol. The third-order valence-electron chi connectivity index (χ3n) is 3.41. The van der Waals surface area contributed by atoms with Crippen LogP contribution in [0.1, 0.15) is 26.7 Å². The molecular formula is C11H17N3O3. The molecular weight excluding hydrogens is 222 g/mol. The molecule has 0 aromatic carbocycles. The van der Waals surface area contributed by atoms with Crippen LogP contribution in [0.5, 0.6) is 0 Å². The summed E-state index contributed by atoms with van der Waals surface area (Å²) in [5.74, 6) is -0.989. The summed E-state index contributed by atoms with van der Waals surface area (Å²) in [4.78, 5) is 36.7. The molecule has 2 rings (SSSR count). The lowest BCUT2D eigenvalue weighted by atomic mass is 9.97. The van der Waals surface area contributed by atoms with E-state index >= 15 is 0 Å². The van der Waals surface area contributed by atoms with Gasteiger partial charge in [0.15, 0.2) is 0 Å². The van der Waals surface area contributed by atoms with Crippen LogP contribution in [0.2, 0.25) is 0 Å². The van der Waals surface area contributed by atoms with Crippen LogP contribution in [0.25, 0.3) is 0 Å². The molecule has 17 heavy (non-hydrogen) atoms. The van der Waals surface area contributed by atoms with E-state index in [2.05, 4.69) is 10.6 Å². The van der Waals surface area contributed by atoms with Gasteiger partial charge in [0, 0.05) is 0 Å². The topological polar surface area (TPSA) is 78.5 Å². The minimum Gasteiger partial charge on any atom is -0.318 e. The van der Waals surface area contributed by atoms with Gasteiger partial charge in [0.05, 0.1) is 6.04 Å². The van der Waals surface area contributed by atoms with Gasteiger partial charge >= 0.3 is 0 Å². The Labute approximate surface area is 99.7 Å². The Morgan fingerprint density at radius 1 is 1.41 bits per heavy atom. The molecule has 6 heteroatoms. The van der Waals surface area contributed by atoms with Crippen LogP contribution >= 0.6 is 0 Å². The zero-order valence-electron chi connectivity index (χ0n) is 10.1. The van der Waals surface area contributed by atoms with Gasteiger partial charge in [-0.2, -0.15) is 0 Å². The fraction of sp³-hybridized carbons (Fsp3) is 0.727. The van der Waals surface area contributed by atoms with Gasteiger partial charge in [-0.1, -0.05) is 0 Å².